The molecule has 4 rings (SSSR count). The molecule has 2 bridgehead atoms. The fourth-order valence-electron chi connectivity index (χ4n) is 4.01. The number of amides is 2. The molecule has 4 unspecified atom stereocenters. The highest BCUT2D eigenvalue weighted by atomic mass is 35.5. The van der Waals surface area contributed by atoms with E-state index >= 15 is 0 Å². The van der Waals surface area contributed by atoms with Crippen molar-refractivity contribution in [2.45, 2.75) is 62.4 Å². The van der Waals surface area contributed by atoms with Crippen LogP contribution in [0.1, 0.15) is 39.5 Å². The van der Waals surface area contributed by atoms with Gasteiger partial charge in [0.15, 0.2) is 0 Å². The van der Waals surface area contributed by atoms with Crippen LogP contribution in [0, 0.1) is 0 Å². The molecule has 0 spiro atoms. The van der Waals surface area contributed by atoms with E-state index < -0.39 is 16.7 Å². The molecule has 186 valence electrons. The topological polar surface area (TPSA) is 85.5 Å². The van der Waals surface area contributed by atoms with E-state index in [2.05, 4.69) is 46.1 Å². The fourth-order valence-corrected chi connectivity index (χ4v) is 5.26. The summed E-state index contributed by atoms with van der Waals surface area (Å²) in [4.78, 5) is 25.6. The second-order valence-electron chi connectivity index (χ2n) is 8.82. The molecule has 4 aliphatic rings. The SMILES string of the molecule is C=C(/C=C(/SNCCC1NC2=CC=C1CCC2)C(=C)C)NC(=O)CN1NC(C)C(Cl)C(Cl)C1=O. The van der Waals surface area contributed by atoms with Crippen LogP contribution >= 0.6 is 35.1 Å². The highest BCUT2D eigenvalue weighted by Gasteiger charge is 2.39. The highest BCUT2D eigenvalue weighted by Crippen LogP contribution is 2.27. The maximum atomic E-state index is 12.5. The van der Waals surface area contributed by atoms with Crippen molar-refractivity contribution in [1.29, 1.82) is 0 Å². The average molecular weight is 527 g/mol. The van der Waals surface area contributed by atoms with E-state index in [1.54, 1.807) is 13.0 Å². The van der Waals surface area contributed by atoms with Gasteiger partial charge in [0, 0.05) is 34.9 Å². The summed E-state index contributed by atoms with van der Waals surface area (Å²) in [6, 6.07) is 0.143. The zero-order valence-corrected chi connectivity index (χ0v) is 22.0. The van der Waals surface area contributed by atoms with Crippen LogP contribution in [0.25, 0.3) is 0 Å². The van der Waals surface area contributed by atoms with Gasteiger partial charge in [0.05, 0.1) is 5.38 Å². The molecule has 0 aromatic heterocycles. The first-order valence-electron chi connectivity index (χ1n) is 11.4. The number of carbonyl (C=O) groups is 2. The molecule has 2 amide bonds. The van der Waals surface area contributed by atoms with Crippen molar-refractivity contribution in [2.24, 2.45) is 0 Å². The molecular weight excluding hydrogens is 493 g/mol. The van der Waals surface area contributed by atoms with Gasteiger partial charge in [-0.25, -0.2) is 5.43 Å². The van der Waals surface area contributed by atoms with Gasteiger partial charge in [-0.15, -0.1) is 23.2 Å². The summed E-state index contributed by atoms with van der Waals surface area (Å²) < 4.78 is 3.40. The lowest BCUT2D eigenvalue weighted by atomic mass is 9.99. The zero-order chi connectivity index (χ0) is 24.8. The number of halogens is 2. The first kappa shape index (κ1) is 26.9. The van der Waals surface area contributed by atoms with E-state index in [-0.39, 0.29) is 18.5 Å². The van der Waals surface area contributed by atoms with Crippen molar-refractivity contribution in [3.05, 3.63) is 58.8 Å². The highest BCUT2D eigenvalue weighted by molar-refractivity contribution is 8.01. The van der Waals surface area contributed by atoms with E-state index in [9.17, 15) is 9.59 Å². The summed E-state index contributed by atoms with van der Waals surface area (Å²) >= 11 is 13.7. The van der Waals surface area contributed by atoms with Gasteiger partial charge >= 0.3 is 0 Å². The third kappa shape index (κ3) is 7.15. The lowest BCUT2D eigenvalue weighted by Crippen LogP contribution is -2.63. The number of dihydropyridines is 1. The minimum Gasteiger partial charge on any atom is -0.382 e. The molecule has 34 heavy (non-hydrogen) atoms. The number of hydrogen-bond donors (Lipinski definition) is 4. The Bertz CT molecular complexity index is 932. The Balaban J connectivity index is 1.45. The number of alkyl halides is 2. The van der Waals surface area contributed by atoms with Gasteiger partial charge in [-0.1, -0.05) is 19.2 Å². The monoisotopic (exact) mass is 525 g/mol. The van der Waals surface area contributed by atoms with Gasteiger partial charge in [0.1, 0.15) is 11.9 Å². The third-order valence-corrected chi connectivity index (χ3v) is 8.13. The van der Waals surface area contributed by atoms with Crippen LogP contribution in [0.3, 0.4) is 0 Å². The summed E-state index contributed by atoms with van der Waals surface area (Å²) in [5, 5.41) is 6.11. The zero-order valence-electron chi connectivity index (χ0n) is 19.6. The Hall–Kier alpha value is -1.71. The van der Waals surface area contributed by atoms with Crippen molar-refractivity contribution >= 4 is 47.0 Å². The summed E-state index contributed by atoms with van der Waals surface area (Å²) in [6.07, 6.45) is 10.7. The van der Waals surface area contributed by atoms with E-state index in [1.807, 2.05) is 6.92 Å². The number of nitrogens with zero attached hydrogens (tertiary/aromatic N) is 1. The Morgan fingerprint density at radius 3 is 2.82 bits per heavy atom. The molecule has 3 heterocycles. The van der Waals surface area contributed by atoms with Gasteiger partial charge in [-0.3, -0.25) is 19.3 Å². The number of hydrogen-bond acceptors (Lipinski definition) is 6. The van der Waals surface area contributed by atoms with Crippen molar-refractivity contribution in [3.8, 4) is 0 Å². The summed E-state index contributed by atoms with van der Waals surface area (Å²) in [5.74, 6) is -0.816. The Labute approximate surface area is 216 Å². The molecule has 0 aromatic rings. The molecule has 0 aromatic carbocycles. The van der Waals surface area contributed by atoms with Gasteiger partial charge in [0.2, 0.25) is 5.91 Å². The maximum Gasteiger partial charge on any atom is 0.256 e. The van der Waals surface area contributed by atoms with Crippen molar-refractivity contribution < 1.29 is 9.59 Å². The second-order valence-corrected chi connectivity index (χ2v) is 10.7. The molecule has 0 saturated carbocycles. The third-order valence-electron chi connectivity index (χ3n) is 5.88. The average Bonchev–Trinajstić information content (AvgIpc) is 3.13. The largest absolute Gasteiger partial charge is 0.382 e. The van der Waals surface area contributed by atoms with E-state index in [0.29, 0.717) is 11.7 Å². The first-order valence-corrected chi connectivity index (χ1v) is 13.1. The van der Waals surface area contributed by atoms with Crippen LogP contribution in [0.4, 0.5) is 0 Å². The van der Waals surface area contributed by atoms with E-state index in [0.717, 1.165) is 36.3 Å². The van der Waals surface area contributed by atoms with Gasteiger partial charge < -0.3 is 10.6 Å². The molecule has 4 N–H and O–H groups in total. The quantitative estimate of drug-likeness (QED) is 0.151. The van der Waals surface area contributed by atoms with Crippen LogP contribution < -0.4 is 20.8 Å². The van der Waals surface area contributed by atoms with Crippen molar-refractivity contribution in [1.82, 2.24) is 25.8 Å². The molecule has 3 aliphatic heterocycles. The molecule has 2 fully saturated rings. The Morgan fingerprint density at radius 2 is 2.09 bits per heavy atom. The second kappa shape index (κ2) is 12.3. The Morgan fingerprint density at radius 1 is 1.32 bits per heavy atom. The van der Waals surface area contributed by atoms with Crippen LogP contribution in [0.2, 0.25) is 0 Å². The minimum atomic E-state index is -0.886. The Kier molecular flexibility index (Phi) is 9.74. The predicted octanol–water partition coefficient (Wildman–Crippen LogP) is 3.62. The molecule has 0 radical (unpaired) electrons. The predicted molar refractivity (Wildman–Crippen MR) is 141 cm³/mol. The standard InChI is InChI=1S/C24H33Cl2N5O2S/c1-14(2)20(34-27-11-10-19-17-6-5-7-18(29-19)9-8-17)12-15(3)28-21(32)13-31-24(33)23(26)22(25)16(4)30-31/h8-9,12,16,19,22-23,27,29-30H,1,3,5-7,10-11,13H2,2,4H3,(H,28,32)/b20-12+. The fraction of sp³-hybridized carbons (Fsp3) is 0.500. The molecule has 2 saturated heterocycles. The van der Waals surface area contributed by atoms with Gasteiger partial charge in [-0.2, -0.15) is 0 Å². The van der Waals surface area contributed by atoms with Gasteiger partial charge in [-0.05, 0) is 74.8 Å². The van der Waals surface area contributed by atoms with Gasteiger partial charge in [0.25, 0.3) is 5.91 Å². The van der Waals surface area contributed by atoms with E-state index in [1.165, 1.54) is 34.6 Å². The summed E-state index contributed by atoms with van der Waals surface area (Å²) in [5.41, 5.74) is 6.97. The number of nitrogens with one attached hydrogen (secondary N) is 4. The minimum absolute atomic E-state index is 0.197. The number of carbonyl (C=O) groups excluding carboxylic acids is 2. The van der Waals surface area contributed by atoms with Crippen LogP contribution in [-0.4, -0.2) is 52.8 Å². The number of allylic oxidation sites excluding steroid dienone is 5. The number of fused-ring (bicyclic) bond motifs is 4. The molecule has 4 atom stereocenters. The van der Waals surface area contributed by atoms with Crippen molar-refractivity contribution in [3.63, 3.8) is 0 Å². The van der Waals surface area contributed by atoms with Crippen LogP contribution in [0.5, 0.6) is 0 Å². The maximum absolute atomic E-state index is 12.5. The normalized spacial score (nSPS) is 26.9. The number of hydrazine groups is 1. The lowest BCUT2D eigenvalue weighted by Gasteiger charge is -2.37. The molecule has 1 aliphatic carbocycles. The van der Waals surface area contributed by atoms with Crippen LogP contribution in [0.15, 0.2) is 58.8 Å². The van der Waals surface area contributed by atoms with Crippen LogP contribution in [-0.2, 0) is 9.59 Å². The van der Waals surface area contributed by atoms with Crippen molar-refractivity contribution in [2.75, 3.05) is 13.1 Å². The molecule has 7 nitrogen and oxygen atoms in total. The summed E-state index contributed by atoms with van der Waals surface area (Å²) in [7, 11) is 0. The molecule has 10 heteroatoms. The summed E-state index contributed by atoms with van der Waals surface area (Å²) in [6.45, 7) is 12.3. The number of rotatable bonds is 10. The molecular formula is C24H33Cl2N5O2S. The first-order chi connectivity index (χ1) is 16.2. The lowest BCUT2D eigenvalue weighted by molar-refractivity contribution is -0.142. The van der Waals surface area contributed by atoms with E-state index in [4.69, 9.17) is 23.2 Å². The smallest absolute Gasteiger partial charge is 0.256 e.